The fourth-order valence-corrected chi connectivity index (χ4v) is 3.92. The van der Waals surface area contributed by atoms with E-state index < -0.39 is 10.0 Å². The standard InChI is InChI=1S/C22H20BrClN2O4S/c1-2-15-7-6-14(12-20(15)30-19-5-3-4-18(24)22(19)23)13-21(27)26-16-8-10-17(11-9-16)31(25,28)29/h3-12H,2,13H2,1H3,(H,26,27)(H2,25,28,29). The summed E-state index contributed by atoms with van der Waals surface area (Å²) in [6.07, 6.45) is 0.879. The number of amides is 1. The zero-order valence-electron chi connectivity index (χ0n) is 16.6. The van der Waals surface area contributed by atoms with Gasteiger partial charge in [-0.15, -0.1) is 0 Å². The highest BCUT2D eigenvalue weighted by Crippen LogP contribution is 2.36. The van der Waals surface area contributed by atoms with E-state index in [2.05, 4.69) is 21.2 Å². The molecule has 6 nitrogen and oxygen atoms in total. The number of primary sulfonamides is 1. The lowest BCUT2D eigenvalue weighted by Crippen LogP contribution is -2.15. The van der Waals surface area contributed by atoms with E-state index in [1.165, 1.54) is 24.3 Å². The largest absolute Gasteiger partial charge is 0.456 e. The first kappa shape index (κ1) is 23.3. The van der Waals surface area contributed by atoms with E-state index in [-0.39, 0.29) is 17.2 Å². The fourth-order valence-electron chi connectivity index (χ4n) is 2.90. The molecule has 0 saturated carbocycles. The molecule has 0 saturated heterocycles. The quantitative estimate of drug-likeness (QED) is 0.440. The summed E-state index contributed by atoms with van der Waals surface area (Å²) < 4.78 is 29.4. The van der Waals surface area contributed by atoms with Crippen LogP contribution >= 0.6 is 27.5 Å². The van der Waals surface area contributed by atoms with Gasteiger partial charge in [-0.3, -0.25) is 4.79 Å². The molecule has 0 bridgehead atoms. The average molecular weight is 524 g/mol. The zero-order valence-corrected chi connectivity index (χ0v) is 19.7. The smallest absolute Gasteiger partial charge is 0.238 e. The number of carbonyl (C=O) groups is 1. The van der Waals surface area contributed by atoms with Crippen molar-refractivity contribution < 1.29 is 17.9 Å². The van der Waals surface area contributed by atoms with Crippen molar-refractivity contribution in [3.8, 4) is 11.5 Å². The third kappa shape index (κ3) is 6.07. The molecule has 9 heteroatoms. The molecule has 0 spiro atoms. The normalized spacial score (nSPS) is 11.2. The van der Waals surface area contributed by atoms with Crippen molar-refractivity contribution in [1.29, 1.82) is 0 Å². The Bertz CT molecular complexity index is 1210. The molecule has 31 heavy (non-hydrogen) atoms. The van der Waals surface area contributed by atoms with Crippen molar-refractivity contribution in [2.75, 3.05) is 5.32 Å². The van der Waals surface area contributed by atoms with Crippen molar-refractivity contribution in [3.05, 3.63) is 81.3 Å². The number of aryl methyl sites for hydroxylation is 1. The SMILES string of the molecule is CCc1ccc(CC(=O)Nc2ccc(S(N)(=O)=O)cc2)cc1Oc1cccc(Cl)c1Br. The predicted octanol–water partition coefficient (Wildman–Crippen LogP) is 5.29. The second kappa shape index (κ2) is 9.82. The number of rotatable bonds is 7. The molecule has 0 aliphatic heterocycles. The molecule has 0 atom stereocenters. The van der Waals surface area contributed by atoms with E-state index in [0.717, 1.165) is 17.5 Å². The van der Waals surface area contributed by atoms with Crippen LogP contribution in [-0.2, 0) is 27.7 Å². The highest BCUT2D eigenvalue weighted by atomic mass is 79.9. The lowest BCUT2D eigenvalue weighted by molar-refractivity contribution is -0.115. The topological polar surface area (TPSA) is 98.5 Å². The molecule has 0 aliphatic carbocycles. The van der Waals surface area contributed by atoms with Gasteiger partial charge in [0.25, 0.3) is 0 Å². The van der Waals surface area contributed by atoms with Crippen molar-refractivity contribution >= 4 is 49.1 Å². The Balaban J connectivity index is 1.75. The van der Waals surface area contributed by atoms with Crippen LogP contribution in [0.15, 0.2) is 70.0 Å². The molecule has 0 radical (unpaired) electrons. The van der Waals surface area contributed by atoms with Gasteiger partial charge in [0, 0.05) is 5.69 Å². The Hall–Kier alpha value is -2.39. The number of anilines is 1. The van der Waals surface area contributed by atoms with Gasteiger partial charge in [-0.1, -0.05) is 36.7 Å². The molecular weight excluding hydrogens is 504 g/mol. The van der Waals surface area contributed by atoms with Gasteiger partial charge in [0.2, 0.25) is 15.9 Å². The van der Waals surface area contributed by atoms with E-state index in [1.54, 1.807) is 18.2 Å². The lowest BCUT2D eigenvalue weighted by atomic mass is 10.1. The minimum absolute atomic E-state index is 0.0189. The van der Waals surface area contributed by atoms with Crippen LogP contribution in [0.1, 0.15) is 18.1 Å². The maximum absolute atomic E-state index is 12.5. The van der Waals surface area contributed by atoms with Gasteiger partial charge < -0.3 is 10.1 Å². The number of nitrogens with two attached hydrogens (primary N) is 1. The Kier molecular flexibility index (Phi) is 7.38. The molecule has 0 unspecified atom stereocenters. The average Bonchev–Trinajstić information content (AvgIpc) is 2.71. The number of sulfonamides is 1. The summed E-state index contributed by atoms with van der Waals surface area (Å²) in [4.78, 5) is 12.4. The van der Waals surface area contributed by atoms with E-state index in [9.17, 15) is 13.2 Å². The molecular formula is C22H20BrClN2O4S. The van der Waals surface area contributed by atoms with Crippen LogP contribution in [0.3, 0.4) is 0 Å². The summed E-state index contributed by atoms with van der Waals surface area (Å²) in [5.41, 5.74) is 2.24. The Morgan fingerprint density at radius 3 is 2.45 bits per heavy atom. The van der Waals surface area contributed by atoms with Gasteiger partial charge in [-0.2, -0.15) is 0 Å². The van der Waals surface area contributed by atoms with Gasteiger partial charge in [0.1, 0.15) is 11.5 Å². The van der Waals surface area contributed by atoms with Gasteiger partial charge in [0.05, 0.1) is 20.8 Å². The van der Waals surface area contributed by atoms with Gasteiger partial charge in [0.15, 0.2) is 0 Å². The van der Waals surface area contributed by atoms with E-state index >= 15 is 0 Å². The number of halogens is 2. The van der Waals surface area contributed by atoms with Crippen molar-refractivity contribution in [1.82, 2.24) is 0 Å². The highest BCUT2D eigenvalue weighted by molar-refractivity contribution is 9.10. The van der Waals surface area contributed by atoms with Crippen LogP contribution in [0.4, 0.5) is 5.69 Å². The lowest BCUT2D eigenvalue weighted by Gasteiger charge is -2.14. The van der Waals surface area contributed by atoms with Crippen LogP contribution in [0.5, 0.6) is 11.5 Å². The second-order valence-corrected chi connectivity index (χ2v) is 9.51. The molecule has 3 aromatic carbocycles. The Morgan fingerprint density at radius 1 is 1.10 bits per heavy atom. The molecule has 3 N–H and O–H groups in total. The Labute approximate surface area is 194 Å². The van der Waals surface area contributed by atoms with Crippen LogP contribution < -0.4 is 15.2 Å². The highest BCUT2D eigenvalue weighted by Gasteiger charge is 2.12. The number of hydrogen-bond acceptors (Lipinski definition) is 4. The molecule has 3 rings (SSSR count). The molecule has 0 heterocycles. The minimum Gasteiger partial charge on any atom is -0.456 e. The van der Waals surface area contributed by atoms with Gasteiger partial charge in [-0.05, 0) is 75.9 Å². The van der Waals surface area contributed by atoms with Gasteiger partial charge >= 0.3 is 0 Å². The van der Waals surface area contributed by atoms with Crippen LogP contribution in [0, 0.1) is 0 Å². The van der Waals surface area contributed by atoms with E-state index in [0.29, 0.717) is 26.7 Å². The van der Waals surface area contributed by atoms with E-state index in [1.807, 2.05) is 25.1 Å². The van der Waals surface area contributed by atoms with Crippen LogP contribution in [0.2, 0.25) is 5.02 Å². The first-order valence-electron chi connectivity index (χ1n) is 9.33. The predicted molar refractivity (Wildman–Crippen MR) is 125 cm³/mol. The summed E-state index contributed by atoms with van der Waals surface area (Å²) >= 11 is 9.58. The first-order valence-corrected chi connectivity index (χ1v) is 12.1. The van der Waals surface area contributed by atoms with E-state index in [4.69, 9.17) is 21.5 Å². The molecule has 1 amide bonds. The summed E-state index contributed by atoms with van der Waals surface area (Å²) in [7, 11) is -3.78. The molecule has 0 aromatic heterocycles. The Morgan fingerprint density at radius 2 is 1.81 bits per heavy atom. The summed E-state index contributed by atoms with van der Waals surface area (Å²) in [6.45, 7) is 2.02. The van der Waals surface area contributed by atoms with Crippen molar-refractivity contribution in [3.63, 3.8) is 0 Å². The number of carbonyl (C=O) groups excluding carboxylic acids is 1. The molecule has 0 fully saturated rings. The second-order valence-electron chi connectivity index (χ2n) is 6.74. The third-order valence-electron chi connectivity index (χ3n) is 4.48. The van der Waals surface area contributed by atoms with Crippen LogP contribution in [0.25, 0.3) is 0 Å². The van der Waals surface area contributed by atoms with Crippen molar-refractivity contribution in [2.24, 2.45) is 5.14 Å². The molecule has 0 aliphatic rings. The third-order valence-corrected chi connectivity index (χ3v) is 6.77. The van der Waals surface area contributed by atoms with Crippen LogP contribution in [-0.4, -0.2) is 14.3 Å². The maximum Gasteiger partial charge on any atom is 0.238 e. The minimum atomic E-state index is -3.78. The van der Waals surface area contributed by atoms with Crippen molar-refractivity contribution in [2.45, 2.75) is 24.7 Å². The number of hydrogen-bond donors (Lipinski definition) is 2. The fraction of sp³-hybridized carbons (Fsp3) is 0.136. The first-order chi connectivity index (χ1) is 14.7. The molecule has 3 aromatic rings. The maximum atomic E-state index is 12.5. The summed E-state index contributed by atoms with van der Waals surface area (Å²) in [6, 6.07) is 16.7. The van der Waals surface area contributed by atoms with Gasteiger partial charge in [-0.25, -0.2) is 13.6 Å². The monoisotopic (exact) mass is 522 g/mol. The zero-order chi connectivity index (χ0) is 22.6. The number of nitrogens with one attached hydrogen (secondary N) is 1. The number of ether oxygens (including phenoxy) is 1. The summed E-state index contributed by atoms with van der Waals surface area (Å²) in [5, 5.41) is 8.37. The number of benzene rings is 3. The summed E-state index contributed by atoms with van der Waals surface area (Å²) in [5.74, 6) is 0.981. The molecule has 162 valence electrons.